The van der Waals surface area contributed by atoms with Crippen LogP contribution in [-0.2, 0) is 0 Å². The van der Waals surface area contributed by atoms with E-state index in [1.165, 1.54) is 0 Å². The Morgan fingerprint density at radius 1 is 1.05 bits per heavy atom. The Morgan fingerprint density at radius 2 is 1.80 bits per heavy atom. The van der Waals surface area contributed by atoms with Gasteiger partial charge in [-0.3, -0.25) is 4.98 Å². The van der Waals surface area contributed by atoms with Crippen molar-refractivity contribution >= 4 is 15.9 Å². The minimum absolute atomic E-state index is 0.0415. The van der Waals surface area contributed by atoms with E-state index in [0.717, 1.165) is 21.3 Å². The second-order valence-corrected chi connectivity index (χ2v) is 5.19. The Balaban J connectivity index is 2.41. The summed E-state index contributed by atoms with van der Waals surface area (Å²) in [5.74, 6) is 1.44. The summed E-state index contributed by atoms with van der Waals surface area (Å²) in [6.07, 6.45) is 3.62. The molecule has 0 radical (unpaired) electrons. The van der Waals surface area contributed by atoms with Crippen LogP contribution in [0.25, 0.3) is 0 Å². The van der Waals surface area contributed by atoms with Gasteiger partial charge in [0.2, 0.25) is 0 Å². The molecule has 1 aromatic heterocycles. The van der Waals surface area contributed by atoms with Crippen molar-refractivity contribution in [2.75, 3.05) is 21.3 Å². The van der Waals surface area contributed by atoms with Crippen molar-refractivity contribution in [2.45, 2.75) is 6.04 Å². The van der Waals surface area contributed by atoms with Crippen LogP contribution in [0.2, 0.25) is 0 Å². The van der Waals surface area contributed by atoms with E-state index < -0.39 is 0 Å². The van der Waals surface area contributed by atoms with E-state index >= 15 is 0 Å². The van der Waals surface area contributed by atoms with E-state index in [1.54, 1.807) is 20.4 Å². The molecule has 0 aliphatic rings. The average molecular weight is 337 g/mol. The third-order valence-electron chi connectivity index (χ3n) is 3.09. The molecule has 0 saturated carbocycles. The molecular formula is C15H17BrN2O2. The highest BCUT2D eigenvalue weighted by atomic mass is 79.9. The van der Waals surface area contributed by atoms with Crippen molar-refractivity contribution < 1.29 is 9.47 Å². The van der Waals surface area contributed by atoms with Gasteiger partial charge in [-0.05, 0) is 52.3 Å². The van der Waals surface area contributed by atoms with Gasteiger partial charge < -0.3 is 14.8 Å². The lowest BCUT2D eigenvalue weighted by Crippen LogP contribution is -2.18. The molecule has 0 saturated heterocycles. The molecule has 0 fully saturated rings. The predicted molar refractivity (Wildman–Crippen MR) is 82.4 cm³/mol. The summed E-state index contributed by atoms with van der Waals surface area (Å²) in [7, 11) is 5.18. The molecular weight excluding hydrogens is 320 g/mol. The zero-order valence-corrected chi connectivity index (χ0v) is 13.3. The first-order valence-electron chi connectivity index (χ1n) is 6.19. The number of aromatic nitrogens is 1. The first-order valence-corrected chi connectivity index (χ1v) is 6.98. The van der Waals surface area contributed by atoms with Crippen LogP contribution in [-0.4, -0.2) is 26.3 Å². The van der Waals surface area contributed by atoms with Crippen LogP contribution in [0.5, 0.6) is 11.5 Å². The zero-order valence-electron chi connectivity index (χ0n) is 11.7. The molecule has 1 atom stereocenters. The van der Waals surface area contributed by atoms with Gasteiger partial charge in [-0.25, -0.2) is 0 Å². The monoisotopic (exact) mass is 336 g/mol. The Morgan fingerprint density at radius 3 is 2.40 bits per heavy atom. The van der Waals surface area contributed by atoms with E-state index in [9.17, 15) is 0 Å². The molecule has 0 spiro atoms. The highest BCUT2D eigenvalue weighted by molar-refractivity contribution is 9.10. The third kappa shape index (κ3) is 3.11. The minimum Gasteiger partial charge on any atom is -0.493 e. The number of nitrogens with one attached hydrogen (secondary N) is 1. The lowest BCUT2D eigenvalue weighted by atomic mass is 10.00. The largest absolute Gasteiger partial charge is 0.493 e. The predicted octanol–water partition coefficient (Wildman–Crippen LogP) is 3.17. The molecule has 0 aliphatic carbocycles. The molecule has 0 bridgehead atoms. The van der Waals surface area contributed by atoms with Crippen molar-refractivity contribution in [1.29, 1.82) is 0 Å². The van der Waals surface area contributed by atoms with Gasteiger partial charge in [0.05, 0.1) is 20.3 Å². The highest BCUT2D eigenvalue weighted by Crippen LogP contribution is 2.32. The molecule has 1 unspecified atom stereocenters. The van der Waals surface area contributed by atoms with E-state index in [-0.39, 0.29) is 6.04 Å². The quantitative estimate of drug-likeness (QED) is 0.910. The number of rotatable bonds is 5. The summed E-state index contributed by atoms with van der Waals surface area (Å²) in [5.41, 5.74) is 2.17. The fraction of sp³-hybridized carbons (Fsp3) is 0.267. The maximum absolute atomic E-state index is 5.35. The number of benzene rings is 1. The van der Waals surface area contributed by atoms with Crippen LogP contribution < -0.4 is 14.8 Å². The third-order valence-corrected chi connectivity index (χ3v) is 3.52. The van der Waals surface area contributed by atoms with Crippen LogP contribution in [0.4, 0.5) is 0 Å². The SMILES string of the molecule is CNC(c1cncc(Br)c1)c1ccc(OC)c(OC)c1. The summed E-state index contributed by atoms with van der Waals surface area (Å²) in [4.78, 5) is 4.21. The van der Waals surface area contributed by atoms with Crippen molar-refractivity contribution in [3.63, 3.8) is 0 Å². The summed E-state index contributed by atoms with van der Waals surface area (Å²) in [6.45, 7) is 0. The fourth-order valence-electron chi connectivity index (χ4n) is 2.14. The number of methoxy groups -OCH3 is 2. The number of hydrogen-bond donors (Lipinski definition) is 1. The van der Waals surface area contributed by atoms with Gasteiger partial charge in [0.25, 0.3) is 0 Å². The fourth-order valence-corrected chi connectivity index (χ4v) is 2.53. The zero-order chi connectivity index (χ0) is 14.5. The van der Waals surface area contributed by atoms with Crippen molar-refractivity contribution in [1.82, 2.24) is 10.3 Å². The molecule has 20 heavy (non-hydrogen) atoms. The minimum atomic E-state index is 0.0415. The topological polar surface area (TPSA) is 43.4 Å². The van der Waals surface area contributed by atoms with Crippen molar-refractivity contribution in [2.24, 2.45) is 0 Å². The van der Waals surface area contributed by atoms with E-state index in [0.29, 0.717) is 5.75 Å². The number of hydrogen-bond acceptors (Lipinski definition) is 4. The van der Waals surface area contributed by atoms with E-state index in [4.69, 9.17) is 9.47 Å². The van der Waals surface area contributed by atoms with Gasteiger partial charge in [0, 0.05) is 16.9 Å². The molecule has 4 nitrogen and oxygen atoms in total. The average Bonchev–Trinajstić information content (AvgIpc) is 2.48. The second-order valence-electron chi connectivity index (χ2n) is 4.27. The first-order chi connectivity index (χ1) is 9.69. The molecule has 1 heterocycles. The summed E-state index contributed by atoms with van der Waals surface area (Å²) >= 11 is 3.45. The Kier molecular flexibility index (Phi) is 4.98. The van der Waals surface area contributed by atoms with Gasteiger partial charge >= 0.3 is 0 Å². The maximum atomic E-state index is 5.35. The molecule has 1 N–H and O–H groups in total. The van der Waals surface area contributed by atoms with Crippen LogP contribution in [0.15, 0.2) is 41.1 Å². The normalized spacial score (nSPS) is 12.0. The van der Waals surface area contributed by atoms with E-state index in [1.807, 2.05) is 37.5 Å². The van der Waals surface area contributed by atoms with Crippen LogP contribution >= 0.6 is 15.9 Å². The lowest BCUT2D eigenvalue weighted by Gasteiger charge is -2.18. The second kappa shape index (κ2) is 6.72. The number of nitrogens with zero attached hydrogens (tertiary/aromatic N) is 1. The van der Waals surface area contributed by atoms with Gasteiger partial charge in [-0.2, -0.15) is 0 Å². The van der Waals surface area contributed by atoms with Gasteiger partial charge in [-0.15, -0.1) is 0 Å². The standard InChI is InChI=1S/C15H17BrN2O2/c1-17-15(11-6-12(16)9-18-8-11)10-4-5-13(19-2)14(7-10)20-3/h4-9,15,17H,1-3H3. The summed E-state index contributed by atoms with van der Waals surface area (Å²) in [5, 5.41) is 3.29. The van der Waals surface area contributed by atoms with E-state index in [2.05, 4.69) is 26.2 Å². The molecule has 2 rings (SSSR count). The van der Waals surface area contributed by atoms with Crippen LogP contribution in [0.3, 0.4) is 0 Å². The van der Waals surface area contributed by atoms with Gasteiger partial charge in [0.1, 0.15) is 0 Å². The highest BCUT2D eigenvalue weighted by Gasteiger charge is 2.15. The summed E-state index contributed by atoms with van der Waals surface area (Å²) < 4.78 is 11.6. The molecule has 1 aromatic carbocycles. The number of ether oxygens (including phenoxy) is 2. The van der Waals surface area contributed by atoms with Crippen LogP contribution in [0.1, 0.15) is 17.2 Å². The Bertz CT molecular complexity index is 590. The number of pyridine rings is 1. The molecule has 0 aliphatic heterocycles. The molecule has 5 heteroatoms. The lowest BCUT2D eigenvalue weighted by molar-refractivity contribution is 0.354. The smallest absolute Gasteiger partial charge is 0.161 e. The molecule has 0 amide bonds. The van der Waals surface area contributed by atoms with Crippen molar-refractivity contribution in [3.8, 4) is 11.5 Å². The first kappa shape index (κ1) is 14.8. The van der Waals surface area contributed by atoms with Gasteiger partial charge in [0.15, 0.2) is 11.5 Å². The number of halogens is 1. The summed E-state index contributed by atoms with van der Waals surface area (Å²) in [6, 6.07) is 7.99. The van der Waals surface area contributed by atoms with Crippen molar-refractivity contribution in [3.05, 3.63) is 52.3 Å². The van der Waals surface area contributed by atoms with Gasteiger partial charge in [-0.1, -0.05) is 6.07 Å². The van der Waals surface area contributed by atoms with Crippen LogP contribution in [0, 0.1) is 0 Å². The Hall–Kier alpha value is -1.59. The molecule has 2 aromatic rings. The maximum Gasteiger partial charge on any atom is 0.161 e. The molecule has 106 valence electrons. The Labute approximate surface area is 127 Å².